The number of carbonyl (C=O) groups is 6. The molecule has 0 radical (unpaired) electrons. The number of amides is 4. The fourth-order valence-electron chi connectivity index (χ4n) is 4.21. The van der Waals surface area contributed by atoms with Crippen molar-refractivity contribution in [1.29, 1.82) is 0 Å². The minimum absolute atomic E-state index is 0.134. The number of nitrogens with zero attached hydrogens (tertiary/aromatic N) is 3. The maximum absolute atomic E-state index is 13.7. The lowest BCUT2D eigenvalue weighted by molar-refractivity contribution is -0.139. The van der Waals surface area contributed by atoms with Gasteiger partial charge in [0.15, 0.2) is 0 Å². The summed E-state index contributed by atoms with van der Waals surface area (Å²) in [4.78, 5) is 83.7. The molecule has 0 aliphatic carbocycles. The normalized spacial score (nSPS) is 15.7. The van der Waals surface area contributed by atoms with Gasteiger partial charge >= 0.3 is 5.97 Å². The molecule has 0 saturated carbocycles. The van der Waals surface area contributed by atoms with Crippen LogP contribution in [0.1, 0.15) is 16.8 Å². The monoisotopic (exact) mass is 536 g/mol. The van der Waals surface area contributed by atoms with Gasteiger partial charge in [-0.3, -0.25) is 28.9 Å². The third-order valence-corrected chi connectivity index (χ3v) is 6.02. The Morgan fingerprint density at radius 3 is 2.59 bits per heavy atom. The van der Waals surface area contributed by atoms with Gasteiger partial charge in [0, 0.05) is 5.56 Å². The van der Waals surface area contributed by atoms with Crippen molar-refractivity contribution >= 4 is 58.3 Å². The van der Waals surface area contributed by atoms with E-state index in [-0.39, 0.29) is 29.8 Å². The van der Waals surface area contributed by atoms with Crippen LogP contribution >= 0.6 is 0 Å². The Morgan fingerprint density at radius 1 is 1.15 bits per heavy atom. The minimum atomic E-state index is -1.34. The number of carbonyl (C=O) groups excluding carboxylic acids is 5. The van der Waals surface area contributed by atoms with E-state index in [1.807, 2.05) is 0 Å². The van der Waals surface area contributed by atoms with Crippen LogP contribution in [-0.2, 0) is 24.0 Å². The molecule has 3 aromatic rings. The van der Waals surface area contributed by atoms with Crippen LogP contribution in [0.4, 0.5) is 11.4 Å². The average molecular weight is 537 g/mol. The van der Waals surface area contributed by atoms with E-state index in [0.29, 0.717) is 11.0 Å². The number of carboxylic acid groups (broad SMARTS) is 1. The summed E-state index contributed by atoms with van der Waals surface area (Å²) in [5, 5.41) is 23.4. The lowest BCUT2D eigenvalue weighted by atomic mass is 10.1. The Hall–Kier alpha value is -5.11. The first-order valence-corrected chi connectivity index (χ1v) is 11.7. The predicted molar refractivity (Wildman–Crippen MR) is 136 cm³/mol. The van der Waals surface area contributed by atoms with E-state index in [1.54, 1.807) is 18.2 Å². The molecule has 39 heavy (non-hydrogen) atoms. The van der Waals surface area contributed by atoms with E-state index in [0.717, 1.165) is 9.80 Å². The molecule has 0 fully saturated rings. The van der Waals surface area contributed by atoms with Crippen LogP contribution in [0.2, 0.25) is 0 Å². The van der Waals surface area contributed by atoms with Crippen LogP contribution in [0, 0.1) is 0 Å². The number of aliphatic hydroxyl groups is 1. The number of H-pyrrole nitrogens is 1. The zero-order valence-corrected chi connectivity index (χ0v) is 20.4. The standard InChI is InChI=1S/C25H24N6O8/c32-11-15(8-23(36)37)28-21(34)10-31-20-4-2-1-3-19(20)30(22(35)12-33)9-18(25(31)39)29-24(38)14-5-6-16-17(7-14)27-13-26-16/h1-7,11,13,15,18,33H,8-10,12H2,(H,26,27)(H,28,34)(H,29,38)(H,36,37)/t15-,18-/m0/s1. The number of rotatable bonds is 9. The van der Waals surface area contributed by atoms with Crippen molar-refractivity contribution in [3.05, 3.63) is 54.4 Å². The van der Waals surface area contributed by atoms with Crippen molar-refractivity contribution in [3.63, 3.8) is 0 Å². The zero-order chi connectivity index (χ0) is 28.1. The highest BCUT2D eigenvalue weighted by atomic mass is 16.4. The summed E-state index contributed by atoms with van der Waals surface area (Å²) in [6.07, 6.45) is 1.08. The smallest absolute Gasteiger partial charge is 0.305 e. The molecule has 1 aliphatic heterocycles. The first-order chi connectivity index (χ1) is 18.7. The number of hydrogen-bond acceptors (Lipinski definition) is 8. The second-order valence-electron chi connectivity index (χ2n) is 8.64. The molecule has 2 atom stereocenters. The van der Waals surface area contributed by atoms with Gasteiger partial charge in [-0.05, 0) is 30.3 Å². The van der Waals surface area contributed by atoms with Gasteiger partial charge in [0.05, 0.1) is 47.7 Å². The van der Waals surface area contributed by atoms with Crippen molar-refractivity contribution < 1.29 is 39.0 Å². The molecule has 0 spiro atoms. The van der Waals surface area contributed by atoms with E-state index in [2.05, 4.69) is 20.6 Å². The Balaban J connectivity index is 1.66. The van der Waals surface area contributed by atoms with Gasteiger partial charge in [0.1, 0.15) is 25.5 Å². The predicted octanol–water partition coefficient (Wildman–Crippen LogP) is -0.808. The van der Waals surface area contributed by atoms with Crippen molar-refractivity contribution in [3.8, 4) is 0 Å². The molecule has 0 unspecified atom stereocenters. The number of benzene rings is 2. The van der Waals surface area contributed by atoms with Gasteiger partial charge in [-0.1, -0.05) is 12.1 Å². The summed E-state index contributed by atoms with van der Waals surface area (Å²) in [5.41, 5.74) is 1.74. The molecule has 2 heterocycles. The Kier molecular flexibility index (Phi) is 7.96. The van der Waals surface area contributed by atoms with E-state index in [4.69, 9.17) is 5.11 Å². The second kappa shape index (κ2) is 11.5. The highest BCUT2D eigenvalue weighted by Gasteiger charge is 2.37. The van der Waals surface area contributed by atoms with Gasteiger partial charge in [-0.25, -0.2) is 4.98 Å². The maximum atomic E-state index is 13.7. The van der Waals surface area contributed by atoms with Gasteiger partial charge < -0.3 is 35.5 Å². The third kappa shape index (κ3) is 5.91. The maximum Gasteiger partial charge on any atom is 0.305 e. The van der Waals surface area contributed by atoms with Crippen LogP contribution in [0.15, 0.2) is 48.8 Å². The fraction of sp³-hybridized carbons (Fsp3) is 0.240. The van der Waals surface area contributed by atoms with Crippen LogP contribution in [0.25, 0.3) is 11.0 Å². The van der Waals surface area contributed by atoms with Crippen molar-refractivity contribution in [2.75, 3.05) is 29.5 Å². The molecule has 14 heteroatoms. The average Bonchev–Trinajstić information content (AvgIpc) is 3.36. The Labute approximate surface area is 220 Å². The van der Waals surface area contributed by atoms with Crippen LogP contribution in [-0.4, -0.2) is 87.8 Å². The summed E-state index contributed by atoms with van der Waals surface area (Å²) >= 11 is 0. The van der Waals surface area contributed by atoms with Gasteiger partial charge in [0.25, 0.3) is 17.7 Å². The summed E-state index contributed by atoms with van der Waals surface area (Å²) in [6.45, 7) is -1.87. The van der Waals surface area contributed by atoms with Crippen molar-refractivity contribution in [2.45, 2.75) is 18.5 Å². The number of fused-ring (bicyclic) bond motifs is 2. The number of aldehydes is 1. The lowest BCUT2D eigenvalue weighted by Crippen LogP contribution is -2.55. The topological polar surface area (TPSA) is 202 Å². The van der Waals surface area contributed by atoms with E-state index in [1.165, 1.54) is 30.6 Å². The molecule has 4 rings (SSSR count). The molecule has 2 aromatic carbocycles. The number of aliphatic carboxylic acids is 1. The number of imidazole rings is 1. The van der Waals surface area contributed by atoms with E-state index in [9.17, 15) is 33.9 Å². The summed E-state index contributed by atoms with van der Waals surface area (Å²) in [7, 11) is 0. The fourth-order valence-corrected chi connectivity index (χ4v) is 4.21. The first kappa shape index (κ1) is 26.9. The number of para-hydroxylation sites is 2. The molecule has 14 nitrogen and oxygen atoms in total. The molecule has 0 saturated heterocycles. The molecule has 4 amide bonds. The van der Waals surface area contributed by atoms with Crippen LogP contribution in [0.3, 0.4) is 0 Å². The Morgan fingerprint density at radius 2 is 1.90 bits per heavy atom. The SMILES string of the molecule is O=C[C@H](CC(=O)O)NC(=O)CN1C(=O)[C@@H](NC(=O)c2ccc3[nH]cnc3c2)CN(C(=O)CO)c2ccccc21. The highest BCUT2D eigenvalue weighted by Crippen LogP contribution is 2.33. The zero-order valence-electron chi connectivity index (χ0n) is 20.4. The van der Waals surface area contributed by atoms with Crippen molar-refractivity contribution in [1.82, 2.24) is 20.6 Å². The van der Waals surface area contributed by atoms with Gasteiger partial charge in [0.2, 0.25) is 5.91 Å². The molecular formula is C25H24N6O8. The Bertz CT molecular complexity index is 1450. The second-order valence-corrected chi connectivity index (χ2v) is 8.64. The molecule has 5 N–H and O–H groups in total. The van der Waals surface area contributed by atoms with Crippen LogP contribution in [0.5, 0.6) is 0 Å². The quantitative estimate of drug-likeness (QED) is 0.217. The highest BCUT2D eigenvalue weighted by molar-refractivity contribution is 6.11. The number of anilines is 2. The molecular weight excluding hydrogens is 512 g/mol. The number of aliphatic hydroxyl groups excluding tert-OH is 1. The largest absolute Gasteiger partial charge is 0.481 e. The van der Waals surface area contributed by atoms with Crippen molar-refractivity contribution in [2.24, 2.45) is 0 Å². The summed E-state index contributed by atoms with van der Waals surface area (Å²) in [6, 6.07) is 8.15. The molecule has 202 valence electrons. The van der Waals surface area contributed by atoms with E-state index >= 15 is 0 Å². The number of nitrogens with one attached hydrogen (secondary N) is 3. The van der Waals surface area contributed by atoms with Crippen LogP contribution < -0.4 is 20.4 Å². The number of aromatic amines is 1. The van der Waals surface area contributed by atoms with E-state index < -0.39 is 61.3 Å². The molecule has 1 aromatic heterocycles. The van der Waals surface area contributed by atoms with Gasteiger partial charge in [-0.15, -0.1) is 0 Å². The number of hydrogen-bond donors (Lipinski definition) is 5. The molecule has 0 bridgehead atoms. The van der Waals surface area contributed by atoms with Gasteiger partial charge in [-0.2, -0.15) is 0 Å². The summed E-state index contributed by atoms with van der Waals surface area (Å²) < 4.78 is 0. The molecule has 1 aliphatic rings. The lowest BCUT2D eigenvalue weighted by Gasteiger charge is -2.25. The number of aromatic nitrogens is 2. The third-order valence-electron chi connectivity index (χ3n) is 6.02. The minimum Gasteiger partial charge on any atom is -0.481 e. The number of carboxylic acids is 1. The summed E-state index contributed by atoms with van der Waals surface area (Å²) in [5.74, 6) is -4.29. The first-order valence-electron chi connectivity index (χ1n) is 11.7.